The summed E-state index contributed by atoms with van der Waals surface area (Å²) in [5.41, 5.74) is -0.554. The molecule has 0 saturated carbocycles. The molecule has 0 unspecified atom stereocenters. The van der Waals surface area contributed by atoms with Crippen LogP contribution in [0.2, 0.25) is 0 Å². The van der Waals surface area contributed by atoms with E-state index in [0.717, 1.165) is 18.2 Å². The molecule has 0 bridgehead atoms. The predicted molar refractivity (Wildman–Crippen MR) is 84.5 cm³/mol. The Morgan fingerprint density at radius 2 is 2.04 bits per heavy atom. The monoisotopic (exact) mass is 389 g/mol. The van der Waals surface area contributed by atoms with Gasteiger partial charge >= 0.3 is 6.36 Å². The number of aromatic nitrogens is 2. The molecule has 7 nitrogen and oxygen atoms in total. The van der Waals surface area contributed by atoms with Crippen molar-refractivity contribution < 1.29 is 31.8 Å². The van der Waals surface area contributed by atoms with Gasteiger partial charge in [0.25, 0.3) is 11.5 Å². The maximum atomic E-state index is 13.8. The summed E-state index contributed by atoms with van der Waals surface area (Å²) < 4.78 is 58.7. The van der Waals surface area contributed by atoms with Crippen LogP contribution in [0.5, 0.6) is 5.75 Å². The number of nitrogens with one attached hydrogen (secondary N) is 2. The first-order chi connectivity index (χ1) is 12.6. The molecule has 0 radical (unpaired) electrons. The molecule has 1 aromatic heterocycles. The van der Waals surface area contributed by atoms with Crippen LogP contribution in [-0.2, 0) is 11.3 Å². The van der Waals surface area contributed by atoms with Gasteiger partial charge < -0.3 is 19.8 Å². The molecule has 0 fully saturated rings. The summed E-state index contributed by atoms with van der Waals surface area (Å²) in [6.07, 6.45) is -5.02. The highest BCUT2D eigenvalue weighted by atomic mass is 19.4. The molecule has 2 aromatic rings. The number of carbonyl (C=O) groups is 1. The molecule has 1 amide bonds. The Hall–Kier alpha value is -2.95. The van der Waals surface area contributed by atoms with E-state index in [1.54, 1.807) is 0 Å². The van der Waals surface area contributed by atoms with Gasteiger partial charge in [-0.2, -0.15) is 0 Å². The van der Waals surface area contributed by atoms with Gasteiger partial charge in [-0.3, -0.25) is 9.59 Å². The van der Waals surface area contributed by atoms with Crippen LogP contribution in [0, 0.1) is 5.82 Å². The molecule has 0 spiro atoms. The summed E-state index contributed by atoms with van der Waals surface area (Å²) in [4.78, 5) is 30.1. The third-order valence-electron chi connectivity index (χ3n) is 3.33. The first kappa shape index (κ1) is 20.4. The predicted octanol–water partition coefficient (Wildman–Crippen LogP) is 2.45. The fourth-order valence-corrected chi connectivity index (χ4v) is 2.18. The number of H-pyrrole nitrogens is 1. The summed E-state index contributed by atoms with van der Waals surface area (Å²) in [6.45, 7) is 1.47. The van der Waals surface area contributed by atoms with Crippen molar-refractivity contribution in [1.82, 2.24) is 15.3 Å². The Balaban J connectivity index is 2.15. The van der Waals surface area contributed by atoms with Crippen LogP contribution >= 0.6 is 0 Å². The van der Waals surface area contributed by atoms with Crippen molar-refractivity contribution in [1.29, 1.82) is 0 Å². The lowest BCUT2D eigenvalue weighted by Gasteiger charge is -2.16. The fraction of sp³-hybridized carbons (Fsp3) is 0.312. The summed E-state index contributed by atoms with van der Waals surface area (Å²) in [7, 11) is 1.38. The van der Waals surface area contributed by atoms with Gasteiger partial charge in [0.1, 0.15) is 18.1 Å². The highest BCUT2D eigenvalue weighted by Gasteiger charge is 2.32. The maximum Gasteiger partial charge on any atom is 0.573 e. The van der Waals surface area contributed by atoms with Crippen molar-refractivity contribution in [3.63, 3.8) is 0 Å². The van der Waals surface area contributed by atoms with Crippen LogP contribution in [0.15, 0.2) is 29.1 Å². The van der Waals surface area contributed by atoms with E-state index < -0.39 is 35.4 Å². The van der Waals surface area contributed by atoms with E-state index in [4.69, 9.17) is 4.74 Å². The van der Waals surface area contributed by atoms with Crippen LogP contribution in [-0.4, -0.2) is 29.3 Å². The molecular formula is C16H15F4N3O4. The van der Waals surface area contributed by atoms with Crippen molar-refractivity contribution >= 4 is 5.91 Å². The quantitative estimate of drug-likeness (QED) is 0.741. The van der Waals surface area contributed by atoms with Crippen molar-refractivity contribution in [3.05, 3.63) is 57.5 Å². The number of aromatic amines is 1. The van der Waals surface area contributed by atoms with Crippen molar-refractivity contribution in [2.45, 2.75) is 25.9 Å². The van der Waals surface area contributed by atoms with E-state index in [-0.39, 0.29) is 23.7 Å². The van der Waals surface area contributed by atoms with Crippen LogP contribution in [0.1, 0.15) is 34.8 Å². The summed E-state index contributed by atoms with van der Waals surface area (Å²) in [5.74, 6) is -2.79. The summed E-state index contributed by atoms with van der Waals surface area (Å²) in [5, 5.41) is 2.48. The first-order valence-electron chi connectivity index (χ1n) is 7.54. The third kappa shape index (κ3) is 5.78. The Bertz CT molecular complexity index is 883. The molecular weight excluding hydrogens is 374 g/mol. The Morgan fingerprint density at radius 3 is 2.63 bits per heavy atom. The lowest BCUT2D eigenvalue weighted by atomic mass is 10.1. The number of halogens is 4. The molecule has 2 N–H and O–H groups in total. The highest BCUT2D eigenvalue weighted by Crippen LogP contribution is 2.27. The summed E-state index contributed by atoms with van der Waals surface area (Å²) in [6, 6.07) is 2.99. The van der Waals surface area contributed by atoms with Gasteiger partial charge in [-0.15, -0.1) is 13.2 Å². The number of nitrogens with zero attached hydrogens (tertiary/aromatic N) is 1. The average Bonchev–Trinajstić information content (AvgIpc) is 2.55. The number of methoxy groups -OCH3 is 1. The van der Waals surface area contributed by atoms with Gasteiger partial charge in [-0.25, -0.2) is 9.37 Å². The molecule has 0 aliphatic rings. The zero-order valence-electron chi connectivity index (χ0n) is 14.2. The van der Waals surface area contributed by atoms with Gasteiger partial charge in [0.15, 0.2) is 11.6 Å². The molecule has 0 saturated heterocycles. The number of amides is 1. The molecule has 1 atom stereocenters. The molecule has 11 heteroatoms. The molecule has 1 heterocycles. The van der Waals surface area contributed by atoms with Crippen molar-refractivity contribution in [2.24, 2.45) is 0 Å². The van der Waals surface area contributed by atoms with Crippen LogP contribution < -0.4 is 15.6 Å². The molecule has 146 valence electrons. The minimum absolute atomic E-state index is 0.0161. The summed E-state index contributed by atoms with van der Waals surface area (Å²) >= 11 is 0. The lowest BCUT2D eigenvalue weighted by Crippen LogP contribution is -2.29. The largest absolute Gasteiger partial charge is 0.573 e. The topological polar surface area (TPSA) is 93.3 Å². The van der Waals surface area contributed by atoms with E-state index in [1.165, 1.54) is 20.1 Å². The average molecular weight is 389 g/mol. The van der Waals surface area contributed by atoms with E-state index in [2.05, 4.69) is 20.0 Å². The van der Waals surface area contributed by atoms with Crippen LogP contribution in [0.4, 0.5) is 17.6 Å². The number of rotatable bonds is 6. The number of ether oxygens (including phenoxy) is 2. The minimum atomic E-state index is -5.02. The maximum absolute atomic E-state index is 13.8. The second-order valence-corrected chi connectivity index (χ2v) is 5.44. The van der Waals surface area contributed by atoms with E-state index in [0.29, 0.717) is 0 Å². The van der Waals surface area contributed by atoms with Crippen LogP contribution in [0.25, 0.3) is 0 Å². The number of benzene rings is 1. The van der Waals surface area contributed by atoms with E-state index in [1.807, 2.05) is 0 Å². The van der Waals surface area contributed by atoms with Gasteiger partial charge in [-0.05, 0) is 24.6 Å². The van der Waals surface area contributed by atoms with Crippen molar-refractivity contribution in [3.8, 4) is 5.75 Å². The second-order valence-electron chi connectivity index (χ2n) is 5.44. The minimum Gasteiger partial charge on any atom is -0.403 e. The van der Waals surface area contributed by atoms with E-state index >= 15 is 0 Å². The van der Waals surface area contributed by atoms with Gasteiger partial charge in [-0.1, -0.05) is 6.07 Å². The Labute approximate surface area is 150 Å². The fourth-order valence-electron chi connectivity index (χ4n) is 2.18. The zero-order valence-corrected chi connectivity index (χ0v) is 14.2. The van der Waals surface area contributed by atoms with Gasteiger partial charge in [0, 0.05) is 13.2 Å². The second kappa shape index (κ2) is 8.16. The molecule has 0 aliphatic carbocycles. The smallest absolute Gasteiger partial charge is 0.403 e. The normalized spacial score (nSPS) is 12.5. The van der Waals surface area contributed by atoms with E-state index in [9.17, 15) is 27.2 Å². The Morgan fingerprint density at radius 1 is 1.33 bits per heavy atom. The lowest BCUT2D eigenvalue weighted by molar-refractivity contribution is -0.275. The van der Waals surface area contributed by atoms with Gasteiger partial charge in [0.05, 0.1) is 6.04 Å². The third-order valence-corrected chi connectivity index (χ3v) is 3.33. The number of hydrogen-bond acceptors (Lipinski definition) is 5. The first-order valence-corrected chi connectivity index (χ1v) is 7.54. The molecule has 0 aliphatic heterocycles. The molecule has 27 heavy (non-hydrogen) atoms. The SMILES string of the molecule is COCc1nc(C(=O)N[C@H](C)c2ccc(OC(F)(F)F)c(F)c2)cc(=O)[nH]1. The van der Waals surface area contributed by atoms with Crippen molar-refractivity contribution in [2.75, 3.05) is 7.11 Å². The van der Waals surface area contributed by atoms with Gasteiger partial charge in [0.2, 0.25) is 0 Å². The molecule has 1 aromatic carbocycles. The standard InChI is InChI=1S/C16H15F4N3O4/c1-8(9-3-4-12(10(17)5-9)27-16(18,19)20)21-15(25)11-6-14(24)23-13(22-11)7-26-2/h3-6,8H,7H2,1-2H3,(H,21,25)(H,22,23,24)/t8-/m1/s1. The highest BCUT2D eigenvalue weighted by molar-refractivity contribution is 5.92. The number of hydrogen-bond donors (Lipinski definition) is 2. The zero-order chi connectivity index (χ0) is 20.2. The number of carbonyl (C=O) groups excluding carboxylic acids is 1. The van der Waals surface area contributed by atoms with Crippen LogP contribution in [0.3, 0.4) is 0 Å². The number of alkyl halides is 3. The molecule has 2 rings (SSSR count). The Kier molecular flexibility index (Phi) is 6.16.